The number of phenolic OH excluding ortho intramolecular Hbond substituents is 2. The van der Waals surface area contributed by atoms with Gasteiger partial charge in [-0.2, -0.15) is 0 Å². The summed E-state index contributed by atoms with van der Waals surface area (Å²) >= 11 is 6.15. The number of rotatable bonds is 6. The Bertz CT molecular complexity index is 716. The van der Waals surface area contributed by atoms with Crippen molar-refractivity contribution in [3.05, 3.63) is 28.7 Å². The summed E-state index contributed by atoms with van der Waals surface area (Å²) in [6, 6.07) is 3.04. The van der Waals surface area contributed by atoms with E-state index in [4.69, 9.17) is 12.2 Å². The maximum absolute atomic E-state index is 12.5. The molecular weight excluding hydrogens is 350 g/mol. The first-order chi connectivity index (χ1) is 11.3. The van der Waals surface area contributed by atoms with Gasteiger partial charge >= 0.3 is 0 Å². The number of nitrogens with zero attached hydrogens (tertiary/aromatic N) is 1. The molecule has 128 valence electrons. The second kappa shape index (κ2) is 7.67. The molecule has 0 bridgehead atoms. The van der Waals surface area contributed by atoms with E-state index in [0.717, 1.165) is 23.1 Å². The van der Waals surface area contributed by atoms with E-state index >= 15 is 0 Å². The van der Waals surface area contributed by atoms with Gasteiger partial charge in [-0.25, -0.2) is 0 Å². The monoisotopic (exact) mass is 366 g/mol. The molecule has 0 spiro atoms. The van der Waals surface area contributed by atoms with Gasteiger partial charge in [-0.3, -0.25) is 9.69 Å². The molecule has 6 nitrogen and oxygen atoms in total. The zero-order valence-electron chi connectivity index (χ0n) is 12.9. The number of phenols is 2. The van der Waals surface area contributed by atoms with Crippen LogP contribution < -0.4 is 5.11 Å². The van der Waals surface area contributed by atoms with E-state index in [2.05, 4.69) is 0 Å². The summed E-state index contributed by atoms with van der Waals surface area (Å²) in [5.74, 6) is -2.41. The van der Waals surface area contributed by atoms with Crippen molar-refractivity contribution in [1.29, 1.82) is 0 Å². The number of thiocarbonyl (C=S) groups is 1. The summed E-state index contributed by atoms with van der Waals surface area (Å²) in [4.78, 5) is 25.2. The number of benzene rings is 1. The lowest BCUT2D eigenvalue weighted by molar-refractivity contribution is -0.310. The Morgan fingerprint density at radius 2 is 2.12 bits per heavy atom. The smallest absolute Gasteiger partial charge is 0.266 e. The van der Waals surface area contributed by atoms with Crippen LogP contribution in [-0.2, 0) is 9.59 Å². The van der Waals surface area contributed by atoms with Crippen molar-refractivity contribution in [1.82, 2.24) is 4.90 Å². The average Bonchev–Trinajstić information content (AvgIpc) is 2.78. The molecule has 0 saturated carbocycles. The fraction of sp³-hybridized carbons (Fsp3) is 0.312. The molecule has 1 fully saturated rings. The van der Waals surface area contributed by atoms with Gasteiger partial charge in [0.05, 0.1) is 16.9 Å². The van der Waals surface area contributed by atoms with Crippen LogP contribution in [0.25, 0.3) is 6.08 Å². The summed E-state index contributed by atoms with van der Waals surface area (Å²) < 4.78 is 0.166. The Labute approximate surface area is 148 Å². The van der Waals surface area contributed by atoms with Crippen LogP contribution in [0.1, 0.15) is 31.7 Å². The molecule has 24 heavy (non-hydrogen) atoms. The summed E-state index contributed by atoms with van der Waals surface area (Å²) in [5, 5.41) is 30.2. The van der Waals surface area contributed by atoms with Gasteiger partial charge in [0.25, 0.3) is 5.91 Å². The van der Waals surface area contributed by atoms with E-state index in [0.29, 0.717) is 12.0 Å². The van der Waals surface area contributed by atoms with Crippen LogP contribution in [0.2, 0.25) is 0 Å². The van der Waals surface area contributed by atoms with Gasteiger partial charge in [-0.1, -0.05) is 49.8 Å². The molecule has 1 aromatic rings. The van der Waals surface area contributed by atoms with Gasteiger partial charge in [-0.15, -0.1) is 0 Å². The minimum atomic E-state index is -1.33. The number of aliphatic carboxylic acids is 1. The summed E-state index contributed by atoms with van der Waals surface area (Å²) in [6.45, 7) is 1.92. The molecule has 0 aliphatic carbocycles. The number of thioether (sulfide) groups is 1. The SMILES string of the molecule is CCCC[C@H](C(=O)[O-])N1C(=O)/C(=C/c2ccc(O)c(O)c2)SC1=S. The molecule has 0 aromatic heterocycles. The number of unbranched alkanes of at least 4 members (excludes halogenated alkanes) is 1. The summed E-state index contributed by atoms with van der Waals surface area (Å²) in [5.41, 5.74) is 0.490. The fourth-order valence-corrected chi connectivity index (χ4v) is 3.64. The van der Waals surface area contributed by atoms with Gasteiger partial charge in [-0.05, 0) is 30.2 Å². The highest BCUT2D eigenvalue weighted by Crippen LogP contribution is 2.35. The zero-order valence-corrected chi connectivity index (χ0v) is 14.5. The highest BCUT2D eigenvalue weighted by Gasteiger charge is 2.37. The lowest BCUT2D eigenvalue weighted by atomic mass is 10.1. The van der Waals surface area contributed by atoms with Crippen molar-refractivity contribution in [2.24, 2.45) is 0 Å². The van der Waals surface area contributed by atoms with E-state index in [1.165, 1.54) is 24.3 Å². The first-order valence-corrected chi connectivity index (χ1v) is 8.57. The van der Waals surface area contributed by atoms with Crippen molar-refractivity contribution < 1.29 is 24.9 Å². The second-order valence-corrected chi connectivity index (χ2v) is 6.95. The molecule has 1 aromatic carbocycles. The number of carboxylic acids is 1. The van der Waals surface area contributed by atoms with E-state index in [1.807, 2.05) is 6.92 Å². The molecule has 1 saturated heterocycles. The van der Waals surface area contributed by atoms with Crippen molar-refractivity contribution in [3.8, 4) is 11.5 Å². The third kappa shape index (κ3) is 3.88. The molecule has 0 radical (unpaired) electrons. The normalized spacial score (nSPS) is 17.5. The van der Waals surface area contributed by atoms with E-state index in [9.17, 15) is 24.9 Å². The van der Waals surface area contributed by atoms with Crippen LogP contribution in [0.3, 0.4) is 0 Å². The quantitative estimate of drug-likeness (QED) is 0.448. The van der Waals surface area contributed by atoms with Crippen LogP contribution in [0.4, 0.5) is 0 Å². The molecule has 1 atom stereocenters. The molecule has 1 aliphatic heterocycles. The van der Waals surface area contributed by atoms with Gasteiger partial charge in [0, 0.05) is 0 Å². The predicted octanol–water partition coefficient (Wildman–Crippen LogP) is 1.61. The molecule has 8 heteroatoms. The number of carboxylic acid groups (broad SMARTS) is 1. The fourth-order valence-electron chi connectivity index (χ4n) is 2.28. The van der Waals surface area contributed by atoms with Crippen LogP contribution in [0.15, 0.2) is 23.1 Å². The second-order valence-electron chi connectivity index (χ2n) is 5.28. The van der Waals surface area contributed by atoms with E-state index in [-0.39, 0.29) is 27.1 Å². The van der Waals surface area contributed by atoms with Gasteiger partial charge in [0.15, 0.2) is 11.5 Å². The zero-order chi connectivity index (χ0) is 17.9. The number of hydrogen-bond acceptors (Lipinski definition) is 7. The molecule has 2 N–H and O–H groups in total. The van der Waals surface area contributed by atoms with Crippen molar-refractivity contribution in [3.63, 3.8) is 0 Å². The van der Waals surface area contributed by atoms with Crippen LogP contribution in [0.5, 0.6) is 11.5 Å². The van der Waals surface area contributed by atoms with E-state index in [1.54, 1.807) is 0 Å². The number of aromatic hydroxyl groups is 2. The van der Waals surface area contributed by atoms with Gasteiger partial charge < -0.3 is 20.1 Å². The molecule has 1 heterocycles. The molecule has 2 rings (SSSR count). The highest BCUT2D eigenvalue weighted by atomic mass is 32.2. The first-order valence-electron chi connectivity index (χ1n) is 7.35. The van der Waals surface area contributed by atoms with Crippen LogP contribution in [0, 0.1) is 0 Å². The first kappa shape index (κ1) is 18.3. The predicted molar refractivity (Wildman–Crippen MR) is 93.1 cm³/mol. The maximum atomic E-state index is 12.5. The molecule has 1 amide bonds. The van der Waals surface area contributed by atoms with Crippen molar-refractivity contribution in [2.45, 2.75) is 32.2 Å². The van der Waals surface area contributed by atoms with Crippen LogP contribution in [-0.4, -0.2) is 37.4 Å². The standard InChI is InChI=1S/C16H17NO5S2/c1-2-3-4-10(15(21)22)17-14(20)13(24-16(17)23)8-9-5-6-11(18)12(19)7-9/h5-8,10,18-19H,2-4H2,1H3,(H,21,22)/p-1/b13-8-/t10-/m1/s1. The third-order valence-corrected chi connectivity index (χ3v) is 4.87. The largest absolute Gasteiger partial charge is 0.548 e. The minimum absolute atomic E-state index is 0.166. The van der Waals surface area contributed by atoms with Crippen molar-refractivity contribution >= 4 is 46.3 Å². The molecular formula is C16H16NO5S2-. The van der Waals surface area contributed by atoms with Crippen LogP contribution >= 0.6 is 24.0 Å². The Balaban J connectivity index is 2.28. The topological polar surface area (TPSA) is 101 Å². The number of carbonyl (C=O) groups is 2. The molecule has 0 unspecified atom stereocenters. The Morgan fingerprint density at radius 1 is 1.42 bits per heavy atom. The summed E-state index contributed by atoms with van der Waals surface area (Å²) in [7, 11) is 0. The number of carbonyl (C=O) groups excluding carboxylic acids is 2. The summed E-state index contributed by atoms with van der Waals surface area (Å²) in [6.07, 6.45) is 3.20. The Hall–Kier alpha value is -2.06. The Morgan fingerprint density at radius 3 is 2.71 bits per heavy atom. The number of hydrogen-bond donors (Lipinski definition) is 2. The third-order valence-electron chi connectivity index (χ3n) is 3.54. The highest BCUT2D eigenvalue weighted by molar-refractivity contribution is 8.26. The van der Waals surface area contributed by atoms with Gasteiger partial charge in [0.1, 0.15) is 4.32 Å². The minimum Gasteiger partial charge on any atom is -0.548 e. The number of amides is 1. The lowest BCUT2D eigenvalue weighted by Gasteiger charge is -2.27. The van der Waals surface area contributed by atoms with E-state index < -0.39 is 17.9 Å². The lowest BCUT2D eigenvalue weighted by Crippen LogP contribution is -2.49. The average molecular weight is 366 g/mol. The Kier molecular flexibility index (Phi) is 5.84. The maximum Gasteiger partial charge on any atom is 0.266 e. The molecule has 1 aliphatic rings. The van der Waals surface area contributed by atoms with Crippen molar-refractivity contribution in [2.75, 3.05) is 0 Å². The van der Waals surface area contributed by atoms with Gasteiger partial charge in [0.2, 0.25) is 0 Å².